The molecule has 0 bridgehead atoms. The van der Waals surface area contributed by atoms with Crippen molar-refractivity contribution in [2.75, 3.05) is 13.1 Å². The van der Waals surface area contributed by atoms with E-state index in [1.807, 2.05) is 18.7 Å². The molecule has 0 spiro atoms. The highest BCUT2D eigenvalue weighted by Crippen LogP contribution is 2.27. The van der Waals surface area contributed by atoms with Crippen molar-refractivity contribution in [1.82, 2.24) is 15.5 Å². The van der Waals surface area contributed by atoms with Gasteiger partial charge in [-0.1, -0.05) is 23.1 Å². The molecule has 0 atom stereocenters. The van der Waals surface area contributed by atoms with Crippen molar-refractivity contribution in [2.45, 2.75) is 16.5 Å². The number of halogens is 1. The predicted octanol–water partition coefficient (Wildman–Crippen LogP) is 1.33. The molecule has 1 saturated heterocycles. The molecular formula is C6H10ClN3S2. The number of nitrogens with zero attached hydrogens (tertiary/aromatic N) is 2. The van der Waals surface area contributed by atoms with Crippen LogP contribution in [0.3, 0.4) is 0 Å². The summed E-state index contributed by atoms with van der Waals surface area (Å²) < 4.78 is 1.11. The summed E-state index contributed by atoms with van der Waals surface area (Å²) in [6.07, 6.45) is 0. The van der Waals surface area contributed by atoms with Gasteiger partial charge in [-0.05, 0) is 6.92 Å². The molecular weight excluding hydrogens is 214 g/mol. The van der Waals surface area contributed by atoms with Crippen LogP contribution in [0.4, 0.5) is 0 Å². The third-order valence-electron chi connectivity index (χ3n) is 1.52. The molecule has 1 N–H and O–H groups in total. The zero-order valence-corrected chi connectivity index (χ0v) is 9.06. The summed E-state index contributed by atoms with van der Waals surface area (Å²) in [5.41, 5.74) is 0. The van der Waals surface area contributed by atoms with E-state index in [-0.39, 0.29) is 12.4 Å². The molecule has 0 amide bonds. The number of rotatable bonds is 2. The first-order valence-corrected chi connectivity index (χ1v) is 5.22. The molecule has 0 saturated carbocycles. The lowest BCUT2D eigenvalue weighted by atomic mass is 10.3. The molecule has 0 unspecified atom stereocenters. The molecule has 6 heteroatoms. The molecule has 0 aromatic carbocycles. The Labute approximate surface area is 85.8 Å². The smallest absolute Gasteiger partial charge is 0.174 e. The van der Waals surface area contributed by atoms with Gasteiger partial charge < -0.3 is 5.32 Å². The van der Waals surface area contributed by atoms with Gasteiger partial charge in [0.2, 0.25) is 0 Å². The van der Waals surface area contributed by atoms with Crippen molar-refractivity contribution in [3.63, 3.8) is 0 Å². The number of aryl methyl sites for hydroxylation is 1. The van der Waals surface area contributed by atoms with Crippen LogP contribution >= 0.6 is 35.5 Å². The van der Waals surface area contributed by atoms with Gasteiger partial charge >= 0.3 is 0 Å². The zero-order chi connectivity index (χ0) is 7.68. The number of hydrogen-bond donors (Lipinski definition) is 1. The van der Waals surface area contributed by atoms with E-state index >= 15 is 0 Å². The van der Waals surface area contributed by atoms with Crippen LogP contribution in [-0.2, 0) is 0 Å². The summed E-state index contributed by atoms with van der Waals surface area (Å²) in [5, 5.41) is 13.0. The number of aromatic nitrogens is 2. The summed E-state index contributed by atoms with van der Waals surface area (Å²) in [7, 11) is 0. The average Bonchev–Trinajstić information content (AvgIpc) is 2.27. The molecule has 2 heterocycles. The molecule has 1 aromatic rings. The topological polar surface area (TPSA) is 37.8 Å². The monoisotopic (exact) mass is 223 g/mol. The summed E-state index contributed by atoms with van der Waals surface area (Å²) in [4.78, 5) is 0. The minimum atomic E-state index is 0. The molecule has 1 fully saturated rings. The number of nitrogens with one attached hydrogen (secondary N) is 1. The molecule has 2 rings (SSSR count). The highest BCUT2D eigenvalue weighted by molar-refractivity contribution is 8.01. The Morgan fingerprint density at radius 1 is 1.50 bits per heavy atom. The van der Waals surface area contributed by atoms with Crippen LogP contribution in [0, 0.1) is 6.92 Å². The lowest BCUT2D eigenvalue weighted by Crippen LogP contribution is -2.44. The Morgan fingerprint density at radius 3 is 2.67 bits per heavy atom. The van der Waals surface area contributed by atoms with Gasteiger partial charge in [-0.3, -0.25) is 0 Å². The van der Waals surface area contributed by atoms with Crippen LogP contribution in [0.15, 0.2) is 4.34 Å². The second-order valence-corrected chi connectivity index (χ2v) is 5.21. The van der Waals surface area contributed by atoms with Gasteiger partial charge in [0.05, 0.1) is 0 Å². The molecule has 12 heavy (non-hydrogen) atoms. The maximum Gasteiger partial charge on any atom is 0.174 e. The maximum absolute atomic E-state index is 4.04. The van der Waals surface area contributed by atoms with Gasteiger partial charge in [0.15, 0.2) is 4.34 Å². The quantitative estimate of drug-likeness (QED) is 0.821. The minimum Gasteiger partial charge on any atom is -0.314 e. The van der Waals surface area contributed by atoms with E-state index in [9.17, 15) is 0 Å². The molecule has 0 aliphatic carbocycles. The van der Waals surface area contributed by atoms with Crippen LogP contribution in [0.5, 0.6) is 0 Å². The second kappa shape index (κ2) is 4.41. The first kappa shape index (κ1) is 10.2. The Bertz CT molecular complexity index is 249. The SMILES string of the molecule is Cc1nnc(SC2CNC2)s1.Cl. The van der Waals surface area contributed by atoms with E-state index in [0.29, 0.717) is 0 Å². The Balaban J connectivity index is 0.000000720. The number of thioether (sulfide) groups is 1. The van der Waals surface area contributed by atoms with E-state index in [1.54, 1.807) is 11.3 Å². The van der Waals surface area contributed by atoms with Crippen molar-refractivity contribution >= 4 is 35.5 Å². The van der Waals surface area contributed by atoms with Gasteiger partial charge in [0.1, 0.15) is 5.01 Å². The summed E-state index contributed by atoms with van der Waals surface area (Å²) in [5.74, 6) is 0. The van der Waals surface area contributed by atoms with E-state index in [0.717, 1.165) is 27.7 Å². The fraction of sp³-hybridized carbons (Fsp3) is 0.667. The molecule has 1 aromatic heterocycles. The van der Waals surface area contributed by atoms with Gasteiger partial charge in [0.25, 0.3) is 0 Å². The first-order valence-electron chi connectivity index (χ1n) is 3.52. The highest BCUT2D eigenvalue weighted by Gasteiger charge is 2.19. The van der Waals surface area contributed by atoms with E-state index in [1.165, 1.54) is 0 Å². The zero-order valence-electron chi connectivity index (χ0n) is 6.61. The third-order valence-corrected chi connectivity index (χ3v) is 3.64. The van der Waals surface area contributed by atoms with Crippen molar-refractivity contribution in [2.24, 2.45) is 0 Å². The fourth-order valence-corrected chi connectivity index (χ4v) is 2.97. The summed E-state index contributed by atoms with van der Waals surface area (Å²) >= 11 is 3.51. The van der Waals surface area contributed by atoms with Crippen molar-refractivity contribution in [3.8, 4) is 0 Å². The maximum atomic E-state index is 4.04. The van der Waals surface area contributed by atoms with Crippen molar-refractivity contribution in [3.05, 3.63) is 5.01 Å². The Hall–Kier alpha value is 0.160. The van der Waals surface area contributed by atoms with Crippen LogP contribution < -0.4 is 5.32 Å². The summed E-state index contributed by atoms with van der Waals surface area (Å²) in [6, 6.07) is 0. The van der Waals surface area contributed by atoms with E-state index in [4.69, 9.17) is 0 Å². The number of hydrogen-bond acceptors (Lipinski definition) is 5. The average molecular weight is 224 g/mol. The van der Waals surface area contributed by atoms with Gasteiger partial charge in [-0.2, -0.15) is 0 Å². The Kier molecular flexibility index (Phi) is 3.77. The second-order valence-electron chi connectivity index (χ2n) is 2.49. The van der Waals surface area contributed by atoms with Crippen LogP contribution in [0.1, 0.15) is 5.01 Å². The van der Waals surface area contributed by atoms with Crippen molar-refractivity contribution < 1.29 is 0 Å². The van der Waals surface area contributed by atoms with E-state index < -0.39 is 0 Å². The van der Waals surface area contributed by atoms with Crippen LogP contribution in [-0.4, -0.2) is 28.5 Å². The lowest BCUT2D eigenvalue weighted by molar-refractivity contribution is 0.543. The predicted molar refractivity (Wildman–Crippen MR) is 54.4 cm³/mol. The first-order chi connectivity index (χ1) is 5.34. The molecule has 68 valence electrons. The third kappa shape index (κ3) is 2.32. The molecule has 1 aliphatic rings. The van der Waals surface area contributed by atoms with Gasteiger partial charge in [-0.25, -0.2) is 0 Å². The molecule has 0 radical (unpaired) electrons. The summed E-state index contributed by atoms with van der Waals surface area (Å²) in [6.45, 7) is 4.22. The fourth-order valence-electron chi connectivity index (χ4n) is 0.814. The minimum absolute atomic E-state index is 0. The van der Waals surface area contributed by atoms with E-state index in [2.05, 4.69) is 15.5 Å². The van der Waals surface area contributed by atoms with Crippen molar-refractivity contribution in [1.29, 1.82) is 0 Å². The normalized spacial score (nSPS) is 16.8. The van der Waals surface area contributed by atoms with Crippen LogP contribution in [0.2, 0.25) is 0 Å². The largest absolute Gasteiger partial charge is 0.314 e. The van der Waals surface area contributed by atoms with Crippen LogP contribution in [0.25, 0.3) is 0 Å². The highest BCUT2D eigenvalue weighted by atomic mass is 35.5. The van der Waals surface area contributed by atoms with Gasteiger partial charge in [-0.15, -0.1) is 22.6 Å². The molecule has 3 nitrogen and oxygen atoms in total. The standard InChI is InChI=1S/C6H9N3S2.ClH/c1-4-8-9-6(10-4)11-5-2-7-3-5;/h5,7H,2-3H2,1H3;1H. The molecule has 1 aliphatic heterocycles. The Morgan fingerprint density at radius 2 is 2.25 bits per heavy atom. The lowest BCUT2D eigenvalue weighted by Gasteiger charge is -2.24. The van der Waals surface area contributed by atoms with Gasteiger partial charge in [0, 0.05) is 18.3 Å².